The molecule has 0 bridgehead atoms. The molecule has 0 N–H and O–H groups in total. The van der Waals surface area contributed by atoms with Gasteiger partial charge in [0, 0.05) is 23.0 Å². The largest absolute Gasteiger partial charge is 0.494 e. The summed E-state index contributed by atoms with van der Waals surface area (Å²) >= 11 is 5.93. The Bertz CT molecular complexity index is 1350. The fraction of sp³-hybridized carbons (Fsp3) is 0.208. The summed E-state index contributed by atoms with van der Waals surface area (Å²) in [7, 11) is -0.462. The van der Waals surface area contributed by atoms with E-state index in [4.69, 9.17) is 21.1 Å². The number of benzene rings is 2. The minimum atomic E-state index is -3.54. The van der Waals surface area contributed by atoms with Crippen molar-refractivity contribution < 1.29 is 17.9 Å². The van der Waals surface area contributed by atoms with E-state index in [1.165, 1.54) is 14.2 Å². The van der Waals surface area contributed by atoms with E-state index in [1.807, 2.05) is 18.2 Å². The Morgan fingerprint density at radius 1 is 0.941 bits per heavy atom. The molecule has 176 valence electrons. The van der Waals surface area contributed by atoms with E-state index in [1.54, 1.807) is 53.4 Å². The first kappa shape index (κ1) is 23.7. The number of nitrogens with zero attached hydrogens (tertiary/aromatic N) is 4. The van der Waals surface area contributed by atoms with E-state index in [9.17, 15) is 8.42 Å². The van der Waals surface area contributed by atoms with Gasteiger partial charge in [-0.15, -0.1) is 10.2 Å². The van der Waals surface area contributed by atoms with Crippen molar-refractivity contribution in [3.63, 3.8) is 0 Å². The molecule has 2 aromatic heterocycles. The molecule has 0 radical (unpaired) electrons. The summed E-state index contributed by atoms with van der Waals surface area (Å²) < 4.78 is 39.0. The van der Waals surface area contributed by atoms with Gasteiger partial charge < -0.3 is 9.47 Å². The molecule has 10 heteroatoms. The third-order valence-electron chi connectivity index (χ3n) is 5.24. The molecule has 2 heterocycles. The van der Waals surface area contributed by atoms with Gasteiger partial charge in [-0.25, -0.2) is 8.42 Å². The SMILES string of the molecule is COc1cccc(OC)c1-n1c(CS(=O)(=O)CCc2ccc(Cl)cc2)nnc1-c1cccnc1. The van der Waals surface area contributed by atoms with Crippen LogP contribution in [0.3, 0.4) is 0 Å². The van der Waals surface area contributed by atoms with Gasteiger partial charge in [-0.1, -0.05) is 29.8 Å². The van der Waals surface area contributed by atoms with Gasteiger partial charge in [-0.2, -0.15) is 0 Å². The number of aromatic nitrogens is 4. The number of pyridine rings is 1. The van der Waals surface area contributed by atoms with Crippen molar-refractivity contribution >= 4 is 21.4 Å². The molecular formula is C24H23ClN4O4S. The van der Waals surface area contributed by atoms with Crippen molar-refractivity contribution in [1.82, 2.24) is 19.7 Å². The van der Waals surface area contributed by atoms with Crippen LogP contribution in [0.25, 0.3) is 17.1 Å². The second-order valence-electron chi connectivity index (χ2n) is 7.50. The quantitative estimate of drug-likeness (QED) is 0.342. The molecule has 8 nitrogen and oxygen atoms in total. The molecule has 0 saturated carbocycles. The standard InChI is InChI=1S/C24H23ClN4O4S/c1-32-20-6-3-7-21(33-2)23(20)29-22(27-28-24(29)18-5-4-13-26-15-18)16-34(30,31)14-12-17-8-10-19(25)11-9-17/h3-11,13,15H,12,14,16H2,1-2H3. The zero-order chi connectivity index (χ0) is 24.1. The Labute approximate surface area is 203 Å². The number of hydrogen-bond donors (Lipinski definition) is 0. The topological polar surface area (TPSA) is 96.2 Å². The van der Waals surface area contributed by atoms with Gasteiger partial charge in [0.15, 0.2) is 21.5 Å². The highest BCUT2D eigenvalue weighted by Crippen LogP contribution is 2.36. The summed E-state index contributed by atoms with van der Waals surface area (Å²) in [5.41, 5.74) is 2.07. The molecule has 2 aromatic carbocycles. The van der Waals surface area contributed by atoms with E-state index in [-0.39, 0.29) is 17.3 Å². The van der Waals surface area contributed by atoms with Gasteiger partial charge in [-0.05, 0) is 48.4 Å². The lowest BCUT2D eigenvalue weighted by Crippen LogP contribution is -2.16. The summed E-state index contributed by atoms with van der Waals surface area (Å²) in [6, 6.07) is 16.1. The first-order chi connectivity index (χ1) is 16.4. The van der Waals surface area contributed by atoms with E-state index < -0.39 is 9.84 Å². The summed E-state index contributed by atoms with van der Waals surface area (Å²) in [4.78, 5) is 4.16. The summed E-state index contributed by atoms with van der Waals surface area (Å²) in [5.74, 6) is 1.30. The molecule has 0 aliphatic heterocycles. The molecule has 0 atom stereocenters. The van der Waals surface area contributed by atoms with Crippen molar-refractivity contribution in [1.29, 1.82) is 0 Å². The summed E-state index contributed by atoms with van der Waals surface area (Å²) in [6.45, 7) is 0. The molecular weight excluding hydrogens is 476 g/mol. The lowest BCUT2D eigenvalue weighted by atomic mass is 10.2. The Balaban J connectivity index is 1.75. The van der Waals surface area contributed by atoms with E-state index in [0.29, 0.717) is 40.0 Å². The molecule has 0 saturated heterocycles. The van der Waals surface area contributed by atoms with Crippen LogP contribution < -0.4 is 9.47 Å². The first-order valence-electron chi connectivity index (χ1n) is 10.4. The summed E-state index contributed by atoms with van der Waals surface area (Å²) in [5, 5.41) is 9.16. The van der Waals surface area contributed by atoms with Crippen molar-refractivity contribution in [2.45, 2.75) is 12.2 Å². The molecule has 4 aromatic rings. The van der Waals surface area contributed by atoms with Crippen LogP contribution in [0.2, 0.25) is 5.02 Å². The third-order valence-corrected chi connectivity index (χ3v) is 7.02. The lowest BCUT2D eigenvalue weighted by Gasteiger charge is -2.17. The van der Waals surface area contributed by atoms with Crippen LogP contribution >= 0.6 is 11.6 Å². The number of sulfone groups is 1. The maximum atomic E-state index is 13.1. The molecule has 34 heavy (non-hydrogen) atoms. The van der Waals surface area contributed by atoms with Crippen LogP contribution in [0.1, 0.15) is 11.4 Å². The minimum absolute atomic E-state index is 0.0488. The molecule has 0 amide bonds. The molecule has 0 spiro atoms. The van der Waals surface area contributed by atoms with Crippen molar-refractivity contribution in [3.8, 4) is 28.6 Å². The van der Waals surface area contributed by atoms with Crippen molar-refractivity contribution in [3.05, 3.63) is 83.4 Å². The van der Waals surface area contributed by atoms with E-state index in [0.717, 1.165) is 5.56 Å². The van der Waals surface area contributed by atoms with Crippen LogP contribution in [-0.4, -0.2) is 48.1 Å². The van der Waals surface area contributed by atoms with Gasteiger partial charge >= 0.3 is 0 Å². The molecule has 4 rings (SSSR count). The van der Waals surface area contributed by atoms with E-state index in [2.05, 4.69) is 15.2 Å². The Kier molecular flexibility index (Phi) is 7.14. The zero-order valence-electron chi connectivity index (χ0n) is 18.7. The number of aryl methyl sites for hydroxylation is 1. The Hall–Kier alpha value is -3.43. The van der Waals surface area contributed by atoms with Crippen molar-refractivity contribution in [2.75, 3.05) is 20.0 Å². The van der Waals surface area contributed by atoms with Crippen LogP contribution in [0.15, 0.2) is 67.0 Å². The van der Waals surface area contributed by atoms with Gasteiger partial charge in [0.25, 0.3) is 0 Å². The van der Waals surface area contributed by atoms with E-state index >= 15 is 0 Å². The highest BCUT2D eigenvalue weighted by atomic mass is 35.5. The monoisotopic (exact) mass is 498 g/mol. The average molecular weight is 499 g/mol. The van der Waals surface area contributed by atoms with Gasteiger partial charge in [0.1, 0.15) is 22.9 Å². The molecule has 0 aliphatic rings. The van der Waals surface area contributed by atoms with Crippen LogP contribution in [0, 0.1) is 0 Å². The number of rotatable bonds is 9. The fourth-order valence-electron chi connectivity index (χ4n) is 3.57. The third kappa shape index (κ3) is 5.21. The smallest absolute Gasteiger partial charge is 0.170 e. The highest BCUT2D eigenvalue weighted by molar-refractivity contribution is 7.90. The second-order valence-corrected chi connectivity index (χ2v) is 10.1. The highest BCUT2D eigenvalue weighted by Gasteiger charge is 2.25. The predicted octanol–water partition coefficient (Wildman–Crippen LogP) is 4.16. The van der Waals surface area contributed by atoms with Gasteiger partial charge in [0.05, 0.1) is 20.0 Å². The number of ether oxygens (including phenoxy) is 2. The van der Waals surface area contributed by atoms with Crippen LogP contribution in [0.4, 0.5) is 0 Å². The van der Waals surface area contributed by atoms with Crippen LogP contribution in [0.5, 0.6) is 11.5 Å². The fourth-order valence-corrected chi connectivity index (χ4v) is 4.97. The predicted molar refractivity (Wildman–Crippen MR) is 130 cm³/mol. The molecule has 0 unspecified atom stereocenters. The lowest BCUT2D eigenvalue weighted by molar-refractivity contribution is 0.391. The minimum Gasteiger partial charge on any atom is -0.494 e. The summed E-state index contributed by atoms with van der Waals surface area (Å²) in [6.07, 6.45) is 3.65. The Morgan fingerprint density at radius 2 is 1.65 bits per heavy atom. The van der Waals surface area contributed by atoms with Gasteiger partial charge in [-0.3, -0.25) is 9.55 Å². The molecule has 0 fully saturated rings. The second kappa shape index (κ2) is 10.2. The maximum absolute atomic E-state index is 13.1. The number of halogens is 1. The van der Waals surface area contributed by atoms with Crippen molar-refractivity contribution in [2.24, 2.45) is 0 Å². The zero-order valence-corrected chi connectivity index (χ0v) is 20.3. The van der Waals surface area contributed by atoms with Gasteiger partial charge in [0.2, 0.25) is 0 Å². The average Bonchev–Trinajstić information content (AvgIpc) is 3.25. The Morgan fingerprint density at radius 3 is 2.26 bits per heavy atom. The normalized spacial score (nSPS) is 11.4. The maximum Gasteiger partial charge on any atom is 0.170 e. The number of hydrogen-bond acceptors (Lipinski definition) is 7. The van der Waals surface area contributed by atoms with Crippen LogP contribution in [-0.2, 0) is 22.0 Å². The first-order valence-corrected chi connectivity index (χ1v) is 12.6. The number of methoxy groups -OCH3 is 2. The molecule has 0 aliphatic carbocycles. The number of para-hydroxylation sites is 1.